The van der Waals surface area contributed by atoms with Crippen molar-refractivity contribution in [3.63, 3.8) is 0 Å². The highest BCUT2D eigenvalue weighted by atomic mass is 16.5. The molecule has 0 saturated carbocycles. The number of hydrogen-bond donors (Lipinski definition) is 0. The van der Waals surface area contributed by atoms with Gasteiger partial charge in [-0.05, 0) is 6.42 Å². The molecule has 0 aromatic carbocycles. The standard InChI is InChI=1S/C12H23N3O3/c1-4-5-11-13-12(18-14-11)10-15(6-8-16-2)7-9-17-3/h4-10H2,1-3H3. The molecule has 0 atom stereocenters. The van der Waals surface area contributed by atoms with Crippen molar-refractivity contribution in [1.82, 2.24) is 15.0 Å². The molecule has 6 heteroatoms. The van der Waals surface area contributed by atoms with E-state index in [1.54, 1.807) is 14.2 Å². The molecular weight excluding hydrogens is 234 g/mol. The molecule has 0 saturated heterocycles. The predicted molar refractivity (Wildman–Crippen MR) is 67.3 cm³/mol. The van der Waals surface area contributed by atoms with Crippen LogP contribution in [0.5, 0.6) is 0 Å². The van der Waals surface area contributed by atoms with Crippen LogP contribution >= 0.6 is 0 Å². The molecule has 6 nitrogen and oxygen atoms in total. The summed E-state index contributed by atoms with van der Waals surface area (Å²) in [6.45, 7) is 5.75. The molecule has 104 valence electrons. The van der Waals surface area contributed by atoms with E-state index in [4.69, 9.17) is 14.0 Å². The van der Waals surface area contributed by atoms with Crippen LogP contribution in [0.15, 0.2) is 4.52 Å². The molecule has 0 amide bonds. The molecule has 0 aliphatic rings. The molecule has 0 fully saturated rings. The van der Waals surface area contributed by atoms with Crippen molar-refractivity contribution in [3.8, 4) is 0 Å². The Kier molecular flexibility index (Phi) is 7.55. The third-order valence-corrected chi connectivity index (χ3v) is 2.57. The molecule has 1 heterocycles. The van der Waals surface area contributed by atoms with Gasteiger partial charge < -0.3 is 14.0 Å². The minimum absolute atomic E-state index is 0.642. The fraction of sp³-hybridized carbons (Fsp3) is 0.833. The van der Waals surface area contributed by atoms with Gasteiger partial charge in [0.15, 0.2) is 5.82 Å². The number of aromatic nitrogens is 2. The van der Waals surface area contributed by atoms with Crippen LogP contribution in [0.1, 0.15) is 25.1 Å². The van der Waals surface area contributed by atoms with Gasteiger partial charge in [-0.1, -0.05) is 12.1 Å². The minimum Gasteiger partial charge on any atom is -0.383 e. The zero-order valence-corrected chi connectivity index (χ0v) is 11.5. The molecule has 18 heavy (non-hydrogen) atoms. The molecule has 0 N–H and O–H groups in total. The SMILES string of the molecule is CCCc1noc(CN(CCOC)CCOC)n1. The molecule has 1 aromatic heterocycles. The molecule has 0 unspecified atom stereocenters. The number of ether oxygens (including phenoxy) is 2. The summed E-state index contributed by atoms with van der Waals surface area (Å²) in [5.74, 6) is 1.44. The number of rotatable bonds is 10. The molecule has 1 aromatic rings. The van der Waals surface area contributed by atoms with Gasteiger partial charge in [-0.2, -0.15) is 4.98 Å². The van der Waals surface area contributed by atoms with Crippen molar-refractivity contribution in [1.29, 1.82) is 0 Å². The summed E-state index contributed by atoms with van der Waals surface area (Å²) in [4.78, 5) is 6.53. The summed E-state index contributed by atoms with van der Waals surface area (Å²) in [6.07, 6.45) is 1.88. The van der Waals surface area contributed by atoms with Gasteiger partial charge >= 0.3 is 0 Å². The molecule has 0 spiro atoms. The maximum Gasteiger partial charge on any atom is 0.240 e. The van der Waals surface area contributed by atoms with Crippen molar-refractivity contribution in [2.45, 2.75) is 26.3 Å². The predicted octanol–water partition coefficient (Wildman–Crippen LogP) is 1.12. The van der Waals surface area contributed by atoms with E-state index in [0.717, 1.165) is 31.8 Å². The Morgan fingerprint density at radius 3 is 2.39 bits per heavy atom. The molecular formula is C12H23N3O3. The quantitative estimate of drug-likeness (QED) is 0.626. The van der Waals surface area contributed by atoms with Crippen LogP contribution in [0.25, 0.3) is 0 Å². The fourth-order valence-electron chi connectivity index (χ4n) is 1.58. The lowest BCUT2D eigenvalue weighted by molar-refractivity contribution is 0.103. The maximum absolute atomic E-state index is 5.22. The van der Waals surface area contributed by atoms with Crippen molar-refractivity contribution in [2.24, 2.45) is 0 Å². The van der Waals surface area contributed by atoms with Gasteiger partial charge in [0.2, 0.25) is 5.89 Å². The minimum atomic E-state index is 0.642. The molecule has 1 rings (SSSR count). The third kappa shape index (κ3) is 5.57. The van der Waals surface area contributed by atoms with Crippen LogP contribution in [-0.4, -0.2) is 55.6 Å². The van der Waals surface area contributed by atoms with Crippen LogP contribution in [-0.2, 0) is 22.4 Å². The van der Waals surface area contributed by atoms with Gasteiger partial charge in [0, 0.05) is 33.7 Å². The largest absolute Gasteiger partial charge is 0.383 e. The Balaban J connectivity index is 2.46. The average Bonchev–Trinajstić information content (AvgIpc) is 2.80. The first-order valence-corrected chi connectivity index (χ1v) is 6.31. The second-order valence-electron chi connectivity index (χ2n) is 4.12. The van der Waals surface area contributed by atoms with Crippen LogP contribution in [0.3, 0.4) is 0 Å². The Morgan fingerprint density at radius 2 is 1.83 bits per heavy atom. The number of hydrogen-bond acceptors (Lipinski definition) is 6. The van der Waals surface area contributed by atoms with Crippen molar-refractivity contribution in [2.75, 3.05) is 40.5 Å². The lowest BCUT2D eigenvalue weighted by atomic mass is 10.3. The van der Waals surface area contributed by atoms with E-state index >= 15 is 0 Å². The summed E-state index contributed by atoms with van der Waals surface area (Å²) < 4.78 is 15.4. The zero-order chi connectivity index (χ0) is 13.2. The van der Waals surface area contributed by atoms with Crippen LogP contribution < -0.4 is 0 Å². The summed E-state index contributed by atoms with van der Waals surface area (Å²) in [7, 11) is 3.39. The highest BCUT2D eigenvalue weighted by molar-refractivity contribution is 4.86. The second kappa shape index (κ2) is 9.02. The Bertz CT molecular complexity index is 309. The summed E-state index contributed by atoms with van der Waals surface area (Å²) in [5.41, 5.74) is 0. The molecule has 0 radical (unpaired) electrons. The molecule has 0 aliphatic carbocycles. The van der Waals surface area contributed by atoms with Gasteiger partial charge in [-0.3, -0.25) is 4.90 Å². The average molecular weight is 257 g/mol. The highest BCUT2D eigenvalue weighted by Gasteiger charge is 2.11. The monoisotopic (exact) mass is 257 g/mol. The topological polar surface area (TPSA) is 60.6 Å². The van der Waals surface area contributed by atoms with Gasteiger partial charge in [0.25, 0.3) is 0 Å². The van der Waals surface area contributed by atoms with Gasteiger partial charge in [-0.15, -0.1) is 0 Å². The summed E-state index contributed by atoms with van der Waals surface area (Å²) in [5, 5.41) is 3.94. The van der Waals surface area contributed by atoms with Crippen molar-refractivity contribution in [3.05, 3.63) is 11.7 Å². The Labute approximate surface area is 108 Å². The number of nitrogens with zero attached hydrogens (tertiary/aromatic N) is 3. The smallest absolute Gasteiger partial charge is 0.240 e. The van der Waals surface area contributed by atoms with E-state index in [0.29, 0.717) is 25.6 Å². The zero-order valence-electron chi connectivity index (χ0n) is 11.5. The van der Waals surface area contributed by atoms with Crippen LogP contribution in [0.2, 0.25) is 0 Å². The van der Waals surface area contributed by atoms with Gasteiger partial charge in [0.1, 0.15) is 0 Å². The first-order chi connectivity index (χ1) is 8.80. The van der Waals surface area contributed by atoms with Crippen molar-refractivity contribution < 1.29 is 14.0 Å². The molecule has 0 bridgehead atoms. The number of aryl methyl sites for hydroxylation is 1. The highest BCUT2D eigenvalue weighted by Crippen LogP contribution is 2.04. The van der Waals surface area contributed by atoms with E-state index in [9.17, 15) is 0 Å². The van der Waals surface area contributed by atoms with E-state index < -0.39 is 0 Å². The Hall–Kier alpha value is -0.980. The van der Waals surface area contributed by atoms with E-state index in [1.165, 1.54) is 0 Å². The lowest BCUT2D eigenvalue weighted by Gasteiger charge is -2.19. The van der Waals surface area contributed by atoms with E-state index in [2.05, 4.69) is 22.0 Å². The third-order valence-electron chi connectivity index (χ3n) is 2.57. The van der Waals surface area contributed by atoms with E-state index in [1.807, 2.05) is 0 Å². The van der Waals surface area contributed by atoms with E-state index in [-0.39, 0.29) is 0 Å². The maximum atomic E-state index is 5.22. The van der Waals surface area contributed by atoms with Gasteiger partial charge in [-0.25, -0.2) is 0 Å². The second-order valence-corrected chi connectivity index (χ2v) is 4.12. The molecule has 0 aliphatic heterocycles. The summed E-state index contributed by atoms with van der Waals surface area (Å²) in [6, 6.07) is 0. The fourth-order valence-corrected chi connectivity index (χ4v) is 1.58. The van der Waals surface area contributed by atoms with Crippen LogP contribution in [0, 0.1) is 0 Å². The van der Waals surface area contributed by atoms with Crippen molar-refractivity contribution >= 4 is 0 Å². The first kappa shape index (κ1) is 15.1. The van der Waals surface area contributed by atoms with Gasteiger partial charge in [0.05, 0.1) is 19.8 Å². The van der Waals surface area contributed by atoms with Crippen LogP contribution in [0.4, 0.5) is 0 Å². The summed E-state index contributed by atoms with van der Waals surface area (Å²) >= 11 is 0. The Morgan fingerprint density at radius 1 is 1.17 bits per heavy atom. The first-order valence-electron chi connectivity index (χ1n) is 6.31. The lowest BCUT2D eigenvalue weighted by Crippen LogP contribution is -2.30. The normalized spacial score (nSPS) is 11.3. The number of methoxy groups -OCH3 is 2.